The third kappa shape index (κ3) is 3.93. The maximum Gasteiger partial charge on any atom is 0.292 e. The summed E-state index contributed by atoms with van der Waals surface area (Å²) in [6.45, 7) is 0.318. The quantitative estimate of drug-likeness (QED) is 0.392. The third-order valence-electron chi connectivity index (χ3n) is 5.35. The number of methoxy groups -OCH3 is 1. The lowest BCUT2D eigenvalue weighted by atomic mass is 10.0. The van der Waals surface area contributed by atoms with Gasteiger partial charge in [-0.2, -0.15) is 0 Å². The average Bonchev–Trinajstić information content (AvgIpc) is 3.31. The van der Waals surface area contributed by atoms with Crippen LogP contribution in [-0.4, -0.2) is 47.5 Å². The molecule has 1 unspecified atom stereocenters. The molecule has 0 spiro atoms. The number of Topliss-reactive ketones (excluding diaryl/α,β-unsaturated/α-hetero) is 1. The number of nitrogens with one attached hydrogen (secondary N) is 2. The van der Waals surface area contributed by atoms with E-state index in [1.54, 1.807) is 17.5 Å². The number of ketones is 1. The van der Waals surface area contributed by atoms with Gasteiger partial charge in [-0.1, -0.05) is 0 Å². The van der Waals surface area contributed by atoms with Crippen molar-refractivity contribution in [2.75, 3.05) is 7.11 Å². The summed E-state index contributed by atoms with van der Waals surface area (Å²) in [4.78, 5) is 63.1. The van der Waals surface area contributed by atoms with Gasteiger partial charge in [0.1, 0.15) is 11.8 Å². The molecular formula is C21H19N3O6S. The van der Waals surface area contributed by atoms with Gasteiger partial charge >= 0.3 is 0 Å². The van der Waals surface area contributed by atoms with E-state index in [9.17, 15) is 24.0 Å². The van der Waals surface area contributed by atoms with Crippen molar-refractivity contribution in [3.8, 4) is 5.75 Å². The number of carbonyl (C=O) groups is 5. The summed E-state index contributed by atoms with van der Waals surface area (Å²) in [6, 6.07) is 5.53. The van der Waals surface area contributed by atoms with Crippen LogP contribution in [0.4, 0.5) is 0 Å². The first-order valence-electron chi connectivity index (χ1n) is 9.59. The third-order valence-corrected chi connectivity index (χ3v) is 6.38. The highest BCUT2D eigenvalue weighted by molar-refractivity contribution is 7.10. The normalized spacial score (nSPS) is 17.9. The SMILES string of the molecule is COc1ccc(C(=O)C(=O)NCc2scc3c2CN(C2CCC(=O)NC2=O)C3=O)cc1. The van der Waals surface area contributed by atoms with E-state index in [2.05, 4.69) is 10.6 Å². The van der Waals surface area contributed by atoms with Gasteiger partial charge in [0.15, 0.2) is 0 Å². The van der Waals surface area contributed by atoms with Crippen LogP contribution in [0.15, 0.2) is 29.6 Å². The molecule has 0 radical (unpaired) electrons. The fourth-order valence-corrected chi connectivity index (χ4v) is 4.64. The fraction of sp³-hybridized carbons (Fsp3) is 0.286. The van der Waals surface area contributed by atoms with Gasteiger partial charge in [0.25, 0.3) is 11.8 Å². The van der Waals surface area contributed by atoms with Gasteiger partial charge in [0, 0.05) is 28.8 Å². The molecule has 9 nitrogen and oxygen atoms in total. The van der Waals surface area contributed by atoms with Crippen molar-refractivity contribution in [2.24, 2.45) is 0 Å². The van der Waals surface area contributed by atoms with Gasteiger partial charge in [-0.05, 0) is 36.2 Å². The molecule has 10 heteroatoms. The number of amides is 4. The number of imide groups is 1. The van der Waals surface area contributed by atoms with E-state index in [-0.39, 0.29) is 43.3 Å². The Labute approximate surface area is 181 Å². The Balaban J connectivity index is 1.41. The Morgan fingerprint density at radius 3 is 2.65 bits per heavy atom. The Kier molecular flexibility index (Phi) is 5.55. The average molecular weight is 441 g/mol. The van der Waals surface area contributed by atoms with Crippen LogP contribution in [0.25, 0.3) is 0 Å². The molecule has 1 fully saturated rings. The van der Waals surface area contributed by atoms with Gasteiger partial charge in [0.2, 0.25) is 17.6 Å². The second-order valence-electron chi connectivity index (χ2n) is 7.19. The van der Waals surface area contributed by atoms with E-state index >= 15 is 0 Å². The molecule has 2 aliphatic rings. The largest absolute Gasteiger partial charge is 0.497 e. The first-order valence-corrected chi connectivity index (χ1v) is 10.5. The molecule has 0 aliphatic carbocycles. The van der Waals surface area contributed by atoms with Crippen molar-refractivity contribution in [3.05, 3.63) is 51.2 Å². The highest BCUT2D eigenvalue weighted by atomic mass is 32.1. The molecule has 0 saturated carbocycles. The van der Waals surface area contributed by atoms with Crippen LogP contribution in [0.5, 0.6) is 5.75 Å². The van der Waals surface area contributed by atoms with Crippen LogP contribution >= 0.6 is 11.3 Å². The zero-order chi connectivity index (χ0) is 22.1. The summed E-state index contributed by atoms with van der Waals surface area (Å²) in [6.07, 6.45) is 0.468. The topological polar surface area (TPSA) is 122 Å². The molecule has 1 aromatic heterocycles. The second-order valence-corrected chi connectivity index (χ2v) is 8.16. The Morgan fingerprint density at radius 2 is 1.97 bits per heavy atom. The molecule has 1 atom stereocenters. The standard InChI is InChI=1S/C21H19N3O6S/c1-30-12-4-2-11(3-5-12)18(26)20(28)22-8-16-13-9-24(21(29)14(13)10-31-16)15-6-7-17(25)23-19(15)27/h2-5,10,15H,6-9H2,1H3,(H,22,28)(H,23,25,27). The van der Waals surface area contributed by atoms with Crippen LogP contribution < -0.4 is 15.4 Å². The second kappa shape index (κ2) is 8.31. The van der Waals surface area contributed by atoms with Gasteiger partial charge in [-0.3, -0.25) is 29.3 Å². The number of piperidine rings is 1. The van der Waals surface area contributed by atoms with E-state index in [0.717, 1.165) is 10.4 Å². The molecule has 4 rings (SSSR count). The number of thiophene rings is 1. The molecule has 2 aromatic rings. The summed E-state index contributed by atoms with van der Waals surface area (Å²) >= 11 is 1.32. The number of carbonyl (C=O) groups excluding carboxylic acids is 5. The molecule has 1 aromatic carbocycles. The highest BCUT2D eigenvalue weighted by Gasteiger charge is 2.40. The Hall–Kier alpha value is -3.53. The van der Waals surface area contributed by atoms with Gasteiger partial charge in [0.05, 0.1) is 19.2 Å². The Bertz CT molecular complexity index is 1090. The van der Waals surface area contributed by atoms with Crippen LogP contribution in [0, 0.1) is 0 Å². The zero-order valence-corrected chi connectivity index (χ0v) is 17.4. The summed E-state index contributed by atoms with van der Waals surface area (Å²) < 4.78 is 5.04. The summed E-state index contributed by atoms with van der Waals surface area (Å²) in [5, 5.41) is 6.56. The predicted molar refractivity (Wildman–Crippen MR) is 110 cm³/mol. The number of benzene rings is 1. The van der Waals surface area contributed by atoms with Gasteiger partial charge in [-0.25, -0.2) is 0 Å². The number of ether oxygens (including phenoxy) is 1. The first-order chi connectivity index (χ1) is 14.9. The molecule has 160 valence electrons. The zero-order valence-electron chi connectivity index (χ0n) is 16.6. The first kappa shape index (κ1) is 20.7. The van der Waals surface area contributed by atoms with Crippen LogP contribution in [0.2, 0.25) is 0 Å². The van der Waals surface area contributed by atoms with Gasteiger partial charge in [-0.15, -0.1) is 11.3 Å². The number of nitrogens with zero attached hydrogens (tertiary/aromatic N) is 1. The Morgan fingerprint density at radius 1 is 1.23 bits per heavy atom. The van der Waals surface area contributed by atoms with Crippen molar-refractivity contribution in [1.82, 2.24) is 15.5 Å². The minimum atomic E-state index is -0.751. The fourth-order valence-electron chi connectivity index (χ4n) is 3.67. The number of hydrogen-bond donors (Lipinski definition) is 2. The van der Waals surface area contributed by atoms with Crippen molar-refractivity contribution in [1.29, 1.82) is 0 Å². The maximum atomic E-state index is 12.7. The van der Waals surface area contributed by atoms with E-state index in [4.69, 9.17) is 4.74 Å². The predicted octanol–water partition coefficient (Wildman–Crippen LogP) is 1.02. The molecular weight excluding hydrogens is 422 g/mol. The summed E-state index contributed by atoms with van der Waals surface area (Å²) in [5.41, 5.74) is 1.46. The molecule has 2 aliphatic heterocycles. The van der Waals surface area contributed by atoms with E-state index in [1.165, 1.54) is 35.5 Å². The number of hydrogen-bond acceptors (Lipinski definition) is 7. The molecule has 0 bridgehead atoms. The van der Waals surface area contributed by atoms with Crippen molar-refractivity contribution >= 4 is 40.7 Å². The minimum Gasteiger partial charge on any atom is -0.497 e. The number of fused-ring (bicyclic) bond motifs is 1. The van der Waals surface area contributed by atoms with Crippen molar-refractivity contribution < 1.29 is 28.7 Å². The van der Waals surface area contributed by atoms with E-state index in [1.807, 2.05) is 0 Å². The van der Waals surface area contributed by atoms with Crippen molar-refractivity contribution in [2.45, 2.75) is 32.0 Å². The molecule has 3 heterocycles. The summed E-state index contributed by atoms with van der Waals surface area (Å²) in [7, 11) is 1.51. The molecule has 1 saturated heterocycles. The van der Waals surface area contributed by atoms with E-state index < -0.39 is 23.6 Å². The van der Waals surface area contributed by atoms with Crippen LogP contribution in [0.3, 0.4) is 0 Å². The lowest BCUT2D eigenvalue weighted by Crippen LogP contribution is -2.52. The molecule has 4 amide bonds. The summed E-state index contributed by atoms with van der Waals surface area (Å²) in [5.74, 6) is -1.93. The van der Waals surface area contributed by atoms with Crippen LogP contribution in [-0.2, 0) is 27.5 Å². The molecule has 2 N–H and O–H groups in total. The van der Waals surface area contributed by atoms with Crippen LogP contribution in [0.1, 0.15) is 44.0 Å². The lowest BCUT2D eigenvalue weighted by molar-refractivity contribution is -0.136. The van der Waals surface area contributed by atoms with Gasteiger partial charge < -0.3 is 15.0 Å². The lowest BCUT2D eigenvalue weighted by Gasteiger charge is -2.29. The smallest absolute Gasteiger partial charge is 0.292 e. The monoisotopic (exact) mass is 441 g/mol. The molecule has 31 heavy (non-hydrogen) atoms. The maximum absolute atomic E-state index is 12.7. The van der Waals surface area contributed by atoms with Crippen molar-refractivity contribution in [3.63, 3.8) is 0 Å². The highest BCUT2D eigenvalue weighted by Crippen LogP contribution is 2.33. The minimum absolute atomic E-state index is 0.0944. The van der Waals surface area contributed by atoms with E-state index in [0.29, 0.717) is 11.3 Å². The number of rotatable bonds is 6.